The normalized spacial score (nSPS) is 16.7. The topological polar surface area (TPSA) is 71.2 Å². The van der Waals surface area contributed by atoms with Crippen LogP contribution in [0, 0.1) is 0 Å². The zero-order valence-electron chi connectivity index (χ0n) is 10.7. The van der Waals surface area contributed by atoms with Crippen molar-refractivity contribution < 1.29 is 4.79 Å². The van der Waals surface area contributed by atoms with Crippen LogP contribution in [0.5, 0.6) is 0 Å². The van der Waals surface area contributed by atoms with Crippen LogP contribution < -0.4 is 16.0 Å². The molecule has 0 saturated carbocycles. The molecule has 0 atom stereocenters. The van der Waals surface area contributed by atoms with Crippen LogP contribution in [0.3, 0.4) is 0 Å². The largest absolute Gasteiger partial charge is 0.371 e. The highest BCUT2D eigenvalue weighted by Crippen LogP contribution is 2.19. The molecule has 1 aromatic heterocycles. The van der Waals surface area contributed by atoms with Gasteiger partial charge in [-0.15, -0.1) is 0 Å². The molecule has 0 bridgehead atoms. The van der Waals surface area contributed by atoms with Crippen LogP contribution in [-0.4, -0.2) is 36.6 Å². The van der Waals surface area contributed by atoms with Crippen LogP contribution in [0.1, 0.15) is 30.3 Å². The number of nitrogens with zero attached hydrogens (tertiary/aromatic N) is 2. The van der Waals surface area contributed by atoms with E-state index in [-0.39, 0.29) is 5.91 Å². The van der Waals surface area contributed by atoms with Crippen LogP contribution in [-0.2, 0) is 0 Å². The van der Waals surface area contributed by atoms with Crippen LogP contribution in [0.4, 0.5) is 5.69 Å². The van der Waals surface area contributed by atoms with Crippen LogP contribution >= 0.6 is 0 Å². The molecule has 98 valence electrons. The summed E-state index contributed by atoms with van der Waals surface area (Å²) in [5.41, 5.74) is 7.42. The van der Waals surface area contributed by atoms with E-state index in [0.717, 1.165) is 31.6 Å². The molecule has 1 amide bonds. The van der Waals surface area contributed by atoms with Gasteiger partial charge in [0.25, 0.3) is 5.91 Å². The Kier molecular flexibility index (Phi) is 4.15. The van der Waals surface area contributed by atoms with E-state index in [0.29, 0.717) is 18.3 Å². The van der Waals surface area contributed by atoms with Gasteiger partial charge in [-0.05, 0) is 31.9 Å². The highest BCUT2D eigenvalue weighted by molar-refractivity contribution is 5.93. The molecular formula is C13H20N4O. The number of hydrogen-bond donors (Lipinski definition) is 2. The number of pyridine rings is 1. The summed E-state index contributed by atoms with van der Waals surface area (Å²) < 4.78 is 0. The summed E-state index contributed by atoms with van der Waals surface area (Å²) in [6.45, 7) is 4.40. The maximum atomic E-state index is 11.7. The van der Waals surface area contributed by atoms with Crippen LogP contribution in [0.25, 0.3) is 0 Å². The number of anilines is 1. The average molecular weight is 248 g/mol. The summed E-state index contributed by atoms with van der Waals surface area (Å²) in [4.78, 5) is 18.1. The average Bonchev–Trinajstić information content (AvgIpc) is 2.40. The molecule has 1 aliphatic rings. The number of carbonyl (C=O) groups excluding carboxylic acids is 1. The fourth-order valence-corrected chi connectivity index (χ4v) is 2.15. The molecule has 1 saturated heterocycles. The maximum Gasteiger partial charge on any atom is 0.269 e. The molecule has 0 unspecified atom stereocenters. The van der Waals surface area contributed by atoms with Gasteiger partial charge in [-0.25, -0.2) is 0 Å². The van der Waals surface area contributed by atoms with Crippen molar-refractivity contribution in [1.82, 2.24) is 10.3 Å². The van der Waals surface area contributed by atoms with Crippen molar-refractivity contribution in [2.45, 2.75) is 25.8 Å². The molecular weight excluding hydrogens is 228 g/mol. The molecule has 5 nitrogen and oxygen atoms in total. The summed E-state index contributed by atoms with van der Waals surface area (Å²) in [7, 11) is 0. The van der Waals surface area contributed by atoms with Crippen LogP contribution in [0.2, 0.25) is 0 Å². The lowest BCUT2D eigenvalue weighted by Gasteiger charge is -2.32. The Labute approximate surface area is 107 Å². The molecule has 2 heterocycles. The third kappa shape index (κ3) is 2.98. The Morgan fingerprint density at radius 2 is 2.28 bits per heavy atom. The van der Waals surface area contributed by atoms with Gasteiger partial charge in [-0.1, -0.05) is 0 Å². The van der Waals surface area contributed by atoms with Crippen LogP contribution in [0.15, 0.2) is 18.3 Å². The predicted molar refractivity (Wildman–Crippen MR) is 71.7 cm³/mol. The van der Waals surface area contributed by atoms with Crippen molar-refractivity contribution in [2.75, 3.05) is 24.5 Å². The molecule has 0 aliphatic carbocycles. The summed E-state index contributed by atoms with van der Waals surface area (Å²) in [6.07, 6.45) is 3.69. The third-order valence-corrected chi connectivity index (χ3v) is 3.22. The number of rotatable bonds is 3. The third-order valence-electron chi connectivity index (χ3n) is 3.22. The van der Waals surface area contributed by atoms with Crippen molar-refractivity contribution in [1.29, 1.82) is 0 Å². The van der Waals surface area contributed by atoms with Crippen molar-refractivity contribution in [2.24, 2.45) is 5.73 Å². The quantitative estimate of drug-likeness (QED) is 0.828. The molecule has 18 heavy (non-hydrogen) atoms. The Hall–Kier alpha value is -1.62. The minimum absolute atomic E-state index is 0.118. The van der Waals surface area contributed by atoms with Gasteiger partial charge in [0.1, 0.15) is 5.69 Å². The zero-order chi connectivity index (χ0) is 13.0. The van der Waals surface area contributed by atoms with Crippen molar-refractivity contribution in [3.63, 3.8) is 0 Å². The Balaban J connectivity index is 2.09. The summed E-state index contributed by atoms with van der Waals surface area (Å²) in [5, 5.41) is 2.76. The van der Waals surface area contributed by atoms with E-state index in [2.05, 4.69) is 15.2 Å². The SMILES string of the molecule is CCNC(=O)c1cc(N2CCC(N)CC2)ccn1. The molecule has 2 rings (SSSR count). The number of nitrogens with two attached hydrogens (primary N) is 1. The Bertz CT molecular complexity index is 413. The first-order valence-electron chi connectivity index (χ1n) is 6.45. The first kappa shape index (κ1) is 12.8. The molecule has 5 heteroatoms. The lowest BCUT2D eigenvalue weighted by Crippen LogP contribution is -2.39. The minimum Gasteiger partial charge on any atom is -0.371 e. The van der Waals surface area contributed by atoms with E-state index < -0.39 is 0 Å². The van der Waals surface area contributed by atoms with Crippen molar-refractivity contribution >= 4 is 11.6 Å². The second-order valence-corrected chi connectivity index (χ2v) is 4.58. The molecule has 0 spiro atoms. The van der Waals surface area contributed by atoms with Gasteiger partial charge in [0, 0.05) is 37.6 Å². The van der Waals surface area contributed by atoms with Gasteiger partial charge >= 0.3 is 0 Å². The zero-order valence-corrected chi connectivity index (χ0v) is 10.7. The number of carbonyl (C=O) groups is 1. The molecule has 3 N–H and O–H groups in total. The lowest BCUT2D eigenvalue weighted by molar-refractivity contribution is 0.0951. The predicted octanol–water partition coefficient (Wildman–Crippen LogP) is 0.759. The summed E-state index contributed by atoms with van der Waals surface area (Å²) in [6, 6.07) is 4.10. The minimum atomic E-state index is -0.118. The maximum absolute atomic E-state index is 11.7. The Morgan fingerprint density at radius 3 is 2.94 bits per heavy atom. The first-order chi connectivity index (χ1) is 8.70. The van der Waals surface area contributed by atoms with E-state index in [1.165, 1.54) is 0 Å². The van der Waals surface area contributed by atoms with Gasteiger partial charge in [0.2, 0.25) is 0 Å². The van der Waals surface area contributed by atoms with E-state index in [1.54, 1.807) is 6.20 Å². The number of hydrogen-bond acceptors (Lipinski definition) is 4. The van der Waals surface area contributed by atoms with E-state index in [4.69, 9.17) is 5.73 Å². The van der Waals surface area contributed by atoms with Gasteiger partial charge < -0.3 is 16.0 Å². The molecule has 0 radical (unpaired) electrons. The standard InChI is InChI=1S/C13H20N4O/c1-2-15-13(18)12-9-11(3-6-16-12)17-7-4-10(14)5-8-17/h3,6,9-10H,2,4-5,7-8,14H2,1H3,(H,15,18). The molecule has 1 aliphatic heterocycles. The van der Waals surface area contributed by atoms with Gasteiger partial charge in [0.15, 0.2) is 0 Å². The van der Waals surface area contributed by atoms with E-state index >= 15 is 0 Å². The highest BCUT2D eigenvalue weighted by Gasteiger charge is 2.17. The molecule has 1 fully saturated rings. The summed E-state index contributed by atoms with van der Waals surface area (Å²) in [5.74, 6) is -0.118. The molecule has 0 aromatic carbocycles. The monoisotopic (exact) mass is 248 g/mol. The first-order valence-corrected chi connectivity index (χ1v) is 6.45. The second kappa shape index (κ2) is 5.82. The van der Waals surface area contributed by atoms with Gasteiger partial charge in [-0.3, -0.25) is 9.78 Å². The number of amides is 1. The summed E-state index contributed by atoms with van der Waals surface area (Å²) >= 11 is 0. The fourth-order valence-electron chi connectivity index (χ4n) is 2.15. The smallest absolute Gasteiger partial charge is 0.269 e. The highest BCUT2D eigenvalue weighted by atomic mass is 16.1. The second-order valence-electron chi connectivity index (χ2n) is 4.58. The fraction of sp³-hybridized carbons (Fsp3) is 0.538. The van der Waals surface area contributed by atoms with Gasteiger partial charge in [0.05, 0.1) is 0 Å². The van der Waals surface area contributed by atoms with E-state index in [9.17, 15) is 4.79 Å². The van der Waals surface area contributed by atoms with E-state index in [1.807, 2.05) is 19.1 Å². The number of piperidine rings is 1. The van der Waals surface area contributed by atoms with Crippen molar-refractivity contribution in [3.8, 4) is 0 Å². The molecule has 1 aromatic rings. The van der Waals surface area contributed by atoms with Gasteiger partial charge in [-0.2, -0.15) is 0 Å². The lowest BCUT2D eigenvalue weighted by atomic mass is 10.1. The Morgan fingerprint density at radius 1 is 1.56 bits per heavy atom. The number of aromatic nitrogens is 1. The number of nitrogens with one attached hydrogen (secondary N) is 1. The van der Waals surface area contributed by atoms with Crippen molar-refractivity contribution in [3.05, 3.63) is 24.0 Å².